The van der Waals surface area contributed by atoms with Gasteiger partial charge in [0.1, 0.15) is 17.8 Å². The van der Waals surface area contributed by atoms with Crippen molar-refractivity contribution >= 4 is 5.84 Å². The Hall–Kier alpha value is -1.81. The second kappa shape index (κ2) is 7.90. The first-order valence-electron chi connectivity index (χ1n) is 10.9. The van der Waals surface area contributed by atoms with E-state index in [0.29, 0.717) is 23.9 Å². The monoisotopic (exact) mass is 381 g/mol. The summed E-state index contributed by atoms with van der Waals surface area (Å²) in [6.07, 6.45) is 5.34. The van der Waals surface area contributed by atoms with Crippen LogP contribution in [0.25, 0.3) is 0 Å². The number of aliphatic imine (C=N–C) groups is 1. The lowest BCUT2D eigenvalue weighted by molar-refractivity contribution is 0.0923. The molecule has 0 N–H and O–H groups in total. The summed E-state index contributed by atoms with van der Waals surface area (Å²) in [5, 5.41) is 0. The first-order valence-corrected chi connectivity index (χ1v) is 10.9. The lowest BCUT2D eigenvalue weighted by Crippen LogP contribution is -2.55. The summed E-state index contributed by atoms with van der Waals surface area (Å²) < 4.78 is 5.62. The van der Waals surface area contributed by atoms with Gasteiger partial charge in [-0.1, -0.05) is 32.0 Å². The fraction of sp³-hybridized carbons (Fsp3) is 0.625. The van der Waals surface area contributed by atoms with Crippen molar-refractivity contribution in [1.82, 2.24) is 9.80 Å². The summed E-state index contributed by atoms with van der Waals surface area (Å²) >= 11 is 0. The smallest absolute Gasteiger partial charge is 0.122 e. The van der Waals surface area contributed by atoms with Crippen LogP contribution in [0.4, 0.5) is 0 Å². The van der Waals surface area contributed by atoms with Crippen LogP contribution in [0.2, 0.25) is 0 Å². The molecule has 2 heterocycles. The lowest BCUT2D eigenvalue weighted by atomic mass is 9.87. The van der Waals surface area contributed by atoms with Gasteiger partial charge in [-0.25, -0.2) is 4.99 Å². The minimum Gasteiger partial charge on any atom is -0.496 e. The topological polar surface area (TPSA) is 28.1 Å². The van der Waals surface area contributed by atoms with E-state index in [2.05, 4.69) is 61.9 Å². The van der Waals surface area contributed by atoms with Crippen LogP contribution in [0, 0.1) is 11.8 Å². The van der Waals surface area contributed by atoms with Gasteiger partial charge in [-0.3, -0.25) is 4.90 Å². The number of hydrogen-bond acceptors (Lipinski definition) is 4. The summed E-state index contributed by atoms with van der Waals surface area (Å²) in [7, 11) is 4.05. The third-order valence-electron chi connectivity index (χ3n) is 6.73. The molecule has 1 aromatic carbocycles. The van der Waals surface area contributed by atoms with Crippen LogP contribution in [0.15, 0.2) is 40.5 Å². The van der Waals surface area contributed by atoms with Crippen molar-refractivity contribution < 1.29 is 4.74 Å². The van der Waals surface area contributed by atoms with Gasteiger partial charge in [0, 0.05) is 31.8 Å². The molecule has 0 radical (unpaired) electrons. The van der Waals surface area contributed by atoms with E-state index < -0.39 is 0 Å². The van der Waals surface area contributed by atoms with E-state index in [4.69, 9.17) is 9.73 Å². The molecule has 2 fully saturated rings. The second-order valence-electron chi connectivity index (χ2n) is 8.98. The van der Waals surface area contributed by atoms with Gasteiger partial charge in [0.2, 0.25) is 0 Å². The van der Waals surface area contributed by atoms with E-state index in [0.717, 1.165) is 18.8 Å². The van der Waals surface area contributed by atoms with E-state index in [9.17, 15) is 0 Å². The van der Waals surface area contributed by atoms with E-state index in [1.165, 1.54) is 48.4 Å². The van der Waals surface area contributed by atoms with Crippen LogP contribution in [0.3, 0.4) is 0 Å². The number of likely N-dealkylation sites (N-methyl/N-ethyl adjacent to an activating group) is 1. The molecule has 0 spiro atoms. The van der Waals surface area contributed by atoms with Gasteiger partial charge in [-0.2, -0.15) is 0 Å². The Morgan fingerprint density at radius 1 is 1.04 bits per heavy atom. The van der Waals surface area contributed by atoms with Crippen LogP contribution < -0.4 is 4.74 Å². The summed E-state index contributed by atoms with van der Waals surface area (Å²) in [5.41, 5.74) is 4.13. The molecule has 1 aromatic rings. The number of benzene rings is 1. The largest absolute Gasteiger partial charge is 0.496 e. The van der Waals surface area contributed by atoms with Crippen molar-refractivity contribution in [3.8, 4) is 5.75 Å². The Bertz CT molecular complexity index is 770. The Balaban J connectivity index is 1.53. The maximum Gasteiger partial charge on any atom is 0.122 e. The molecule has 1 saturated carbocycles. The standard InChI is InChI=1S/C24H35N3O/c1-16(2)22-17(3)25-23(19-10-11-19)26(4)24(22)27-14-12-18(13-15-27)20-8-6-7-9-21(20)28-5/h6-9,16,18-19,24H,10-15H2,1-5H3. The summed E-state index contributed by atoms with van der Waals surface area (Å²) in [6, 6.07) is 8.54. The number of nitrogens with zero attached hydrogens (tertiary/aromatic N) is 3. The van der Waals surface area contributed by atoms with Crippen LogP contribution >= 0.6 is 0 Å². The number of para-hydroxylation sites is 1. The average molecular weight is 382 g/mol. The molecule has 1 aliphatic carbocycles. The number of likely N-dealkylation sites (tertiary alicyclic amines) is 1. The molecular weight excluding hydrogens is 346 g/mol. The van der Waals surface area contributed by atoms with Crippen molar-refractivity contribution in [2.75, 3.05) is 27.2 Å². The van der Waals surface area contributed by atoms with Crippen molar-refractivity contribution in [2.24, 2.45) is 16.8 Å². The first kappa shape index (κ1) is 19.5. The molecule has 3 aliphatic rings. The maximum absolute atomic E-state index is 5.62. The van der Waals surface area contributed by atoms with Crippen molar-refractivity contribution in [2.45, 2.75) is 58.5 Å². The molecule has 28 heavy (non-hydrogen) atoms. The predicted molar refractivity (Wildman–Crippen MR) is 116 cm³/mol. The SMILES string of the molecule is COc1ccccc1C1CCN(C2C(C(C)C)=C(C)N=C(C3CC3)N2C)CC1. The second-order valence-corrected chi connectivity index (χ2v) is 8.98. The van der Waals surface area contributed by atoms with E-state index in [1.54, 1.807) is 7.11 Å². The number of amidine groups is 1. The predicted octanol–water partition coefficient (Wildman–Crippen LogP) is 4.88. The molecular formula is C24H35N3O. The zero-order valence-corrected chi connectivity index (χ0v) is 18.1. The van der Waals surface area contributed by atoms with Gasteiger partial charge in [-0.05, 0) is 61.6 Å². The first-order chi connectivity index (χ1) is 13.5. The summed E-state index contributed by atoms with van der Waals surface area (Å²) in [6.45, 7) is 9.11. The highest BCUT2D eigenvalue weighted by molar-refractivity contribution is 5.88. The number of piperidine rings is 1. The number of allylic oxidation sites excluding steroid dienone is 1. The van der Waals surface area contributed by atoms with Crippen LogP contribution in [0.1, 0.15) is 57.9 Å². The van der Waals surface area contributed by atoms with Gasteiger partial charge in [0.15, 0.2) is 0 Å². The number of rotatable bonds is 5. The third-order valence-corrected chi connectivity index (χ3v) is 6.73. The highest BCUT2D eigenvalue weighted by atomic mass is 16.5. The molecule has 0 amide bonds. The number of hydrogen-bond donors (Lipinski definition) is 0. The maximum atomic E-state index is 5.62. The van der Waals surface area contributed by atoms with Crippen LogP contribution in [0.5, 0.6) is 5.75 Å². The minimum atomic E-state index is 0.367. The molecule has 2 aliphatic heterocycles. The Kier molecular flexibility index (Phi) is 5.50. The Morgan fingerprint density at radius 2 is 1.71 bits per heavy atom. The zero-order chi connectivity index (χ0) is 19.8. The van der Waals surface area contributed by atoms with E-state index >= 15 is 0 Å². The van der Waals surface area contributed by atoms with Gasteiger partial charge < -0.3 is 9.64 Å². The van der Waals surface area contributed by atoms with Crippen LogP contribution in [-0.2, 0) is 0 Å². The van der Waals surface area contributed by atoms with Gasteiger partial charge in [-0.15, -0.1) is 0 Å². The van der Waals surface area contributed by atoms with Gasteiger partial charge >= 0.3 is 0 Å². The molecule has 152 valence electrons. The molecule has 1 atom stereocenters. The van der Waals surface area contributed by atoms with E-state index in [1.807, 2.05) is 0 Å². The lowest BCUT2D eigenvalue weighted by Gasteiger charge is -2.47. The van der Waals surface area contributed by atoms with Crippen molar-refractivity contribution in [1.29, 1.82) is 0 Å². The fourth-order valence-electron chi connectivity index (χ4n) is 5.17. The molecule has 4 rings (SSSR count). The molecule has 0 bridgehead atoms. The van der Waals surface area contributed by atoms with Crippen molar-refractivity contribution in [3.05, 3.63) is 41.1 Å². The number of methoxy groups -OCH3 is 1. The third kappa shape index (κ3) is 3.59. The molecule has 1 unspecified atom stereocenters. The van der Waals surface area contributed by atoms with Gasteiger partial charge in [0.05, 0.1) is 7.11 Å². The average Bonchev–Trinajstić information content (AvgIpc) is 3.54. The van der Waals surface area contributed by atoms with Gasteiger partial charge in [0.25, 0.3) is 0 Å². The summed E-state index contributed by atoms with van der Waals surface area (Å²) in [4.78, 5) is 10.2. The zero-order valence-electron chi connectivity index (χ0n) is 18.1. The highest BCUT2D eigenvalue weighted by Crippen LogP contribution is 2.40. The molecule has 4 heteroatoms. The molecule has 1 saturated heterocycles. The Morgan fingerprint density at radius 3 is 2.32 bits per heavy atom. The Labute approximate surface area is 170 Å². The minimum absolute atomic E-state index is 0.367. The summed E-state index contributed by atoms with van der Waals surface area (Å²) in [5.74, 6) is 4.15. The normalized spacial score (nSPS) is 24.7. The fourth-order valence-corrected chi connectivity index (χ4v) is 5.17. The highest BCUT2D eigenvalue weighted by Gasteiger charge is 2.40. The van der Waals surface area contributed by atoms with Crippen LogP contribution in [-0.4, -0.2) is 49.0 Å². The molecule has 0 aromatic heterocycles. The van der Waals surface area contributed by atoms with Crippen molar-refractivity contribution in [3.63, 3.8) is 0 Å². The molecule has 4 nitrogen and oxygen atoms in total. The number of ether oxygens (including phenoxy) is 1. The van der Waals surface area contributed by atoms with E-state index in [-0.39, 0.29) is 0 Å². The quantitative estimate of drug-likeness (QED) is 0.727.